The molecule has 1 saturated heterocycles. The summed E-state index contributed by atoms with van der Waals surface area (Å²) in [6.07, 6.45) is 8.66. The molecule has 15 heavy (non-hydrogen) atoms. The van der Waals surface area contributed by atoms with Crippen molar-refractivity contribution in [2.45, 2.75) is 39.2 Å². The fraction of sp³-hybridized carbons (Fsp3) is 0.846. The molecule has 1 unspecified atom stereocenters. The molecule has 0 aromatic heterocycles. The maximum Gasteiger partial charge on any atom is 0.0235 e. The van der Waals surface area contributed by atoms with Gasteiger partial charge in [0.05, 0.1) is 0 Å². The second kappa shape index (κ2) is 6.87. The maximum atomic E-state index is 5.26. The Balaban J connectivity index is 2.23. The summed E-state index contributed by atoms with van der Waals surface area (Å²) in [6, 6.07) is 0.783. The van der Waals surface area contributed by atoms with Gasteiger partial charge in [0.2, 0.25) is 0 Å². The Kier molecular flexibility index (Phi) is 5.75. The van der Waals surface area contributed by atoms with Gasteiger partial charge in [0, 0.05) is 19.0 Å². The predicted molar refractivity (Wildman–Crippen MR) is 65.8 cm³/mol. The fourth-order valence-electron chi connectivity index (χ4n) is 2.46. The zero-order valence-corrected chi connectivity index (χ0v) is 10.2. The second-order valence-corrected chi connectivity index (χ2v) is 4.27. The van der Waals surface area contributed by atoms with Crippen LogP contribution in [0.5, 0.6) is 0 Å². The van der Waals surface area contributed by atoms with E-state index in [1.165, 1.54) is 39.1 Å². The van der Waals surface area contributed by atoms with Crippen LogP contribution < -0.4 is 0 Å². The van der Waals surface area contributed by atoms with Crippen LogP contribution in [0.4, 0.5) is 0 Å². The number of unbranched alkanes of at least 4 members (excludes halogenated alkanes) is 1. The van der Waals surface area contributed by atoms with Gasteiger partial charge in [0.25, 0.3) is 0 Å². The van der Waals surface area contributed by atoms with Crippen molar-refractivity contribution in [3.63, 3.8) is 0 Å². The van der Waals surface area contributed by atoms with E-state index in [4.69, 9.17) is 6.42 Å². The van der Waals surface area contributed by atoms with Crippen molar-refractivity contribution >= 4 is 0 Å². The Morgan fingerprint density at radius 2 is 2.13 bits per heavy atom. The number of terminal acetylenes is 1. The first kappa shape index (κ1) is 12.5. The first-order valence-electron chi connectivity index (χ1n) is 6.21. The van der Waals surface area contributed by atoms with E-state index in [2.05, 4.69) is 29.6 Å². The van der Waals surface area contributed by atoms with E-state index in [1.54, 1.807) is 0 Å². The lowest BCUT2D eigenvalue weighted by molar-refractivity contribution is 0.210. The van der Waals surface area contributed by atoms with E-state index in [9.17, 15) is 0 Å². The fourth-order valence-corrected chi connectivity index (χ4v) is 2.46. The zero-order chi connectivity index (χ0) is 11.1. The van der Waals surface area contributed by atoms with Crippen molar-refractivity contribution in [2.24, 2.45) is 0 Å². The lowest BCUT2D eigenvalue weighted by Crippen LogP contribution is -2.37. The smallest absolute Gasteiger partial charge is 0.0235 e. The molecule has 1 aliphatic rings. The van der Waals surface area contributed by atoms with Crippen molar-refractivity contribution in [1.29, 1.82) is 0 Å². The molecule has 0 radical (unpaired) electrons. The molecule has 0 aromatic carbocycles. The van der Waals surface area contributed by atoms with E-state index < -0.39 is 0 Å². The third-order valence-electron chi connectivity index (χ3n) is 3.37. The van der Waals surface area contributed by atoms with Crippen molar-refractivity contribution in [2.75, 3.05) is 32.7 Å². The summed E-state index contributed by atoms with van der Waals surface area (Å²) in [5.41, 5.74) is 0. The van der Waals surface area contributed by atoms with E-state index in [0.29, 0.717) is 0 Å². The summed E-state index contributed by atoms with van der Waals surface area (Å²) in [5, 5.41) is 0. The summed E-state index contributed by atoms with van der Waals surface area (Å²) in [7, 11) is 0. The summed E-state index contributed by atoms with van der Waals surface area (Å²) >= 11 is 0. The van der Waals surface area contributed by atoms with Crippen LogP contribution in [0.3, 0.4) is 0 Å². The van der Waals surface area contributed by atoms with Gasteiger partial charge < -0.3 is 4.90 Å². The van der Waals surface area contributed by atoms with Crippen molar-refractivity contribution < 1.29 is 0 Å². The van der Waals surface area contributed by atoms with E-state index in [1.807, 2.05) is 0 Å². The molecule has 2 nitrogen and oxygen atoms in total. The average Bonchev–Trinajstić information content (AvgIpc) is 2.69. The van der Waals surface area contributed by atoms with Crippen molar-refractivity contribution in [3.05, 3.63) is 0 Å². The van der Waals surface area contributed by atoms with Crippen LogP contribution in [-0.2, 0) is 0 Å². The van der Waals surface area contributed by atoms with Gasteiger partial charge in [-0.1, -0.05) is 13.8 Å². The predicted octanol–water partition coefficient (Wildman–Crippen LogP) is 1.82. The van der Waals surface area contributed by atoms with Crippen molar-refractivity contribution in [1.82, 2.24) is 9.80 Å². The van der Waals surface area contributed by atoms with Crippen LogP contribution in [-0.4, -0.2) is 48.6 Å². The molecule has 0 saturated carbocycles. The standard InChI is InChI=1S/C13H24N2/c1-4-7-8-10-14-11-9-13(12-14)15(5-2)6-3/h1,13H,5-12H2,2-3H3. The van der Waals surface area contributed by atoms with Gasteiger partial charge in [0.1, 0.15) is 0 Å². The highest BCUT2D eigenvalue weighted by Gasteiger charge is 2.25. The van der Waals surface area contributed by atoms with Gasteiger partial charge >= 0.3 is 0 Å². The summed E-state index contributed by atoms with van der Waals surface area (Å²) < 4.78 is 0. The quantitative estimate of drug-likeness (QED) is 0.485. The minimum Gasteiger partial charge on any atom is -0.302 e. The van der Waals surface area contributed by atoms with Gasteiger partial charge in [-0.15, -0.1) is 12.3 Å². The lowest BCUT2D eigenvalue weighted by Gasteiger charge is -2.26. The zero-order valence-electron chi connectivity index (χ0n) is 10.2. The maximum absolute atomic E-state index is 5.26. The van der Waals surface area contributed by atoms with Gasteiger partial charge in [-0.05, 0) is 39.0 Å². The molecule has 0 spiro atoms. The molecule has 1 atom stereocenters. The Morgan fingerprint density at radius 1 is 1.40 bits per heavy atom. The first-order chi connectivity index (χ1) is 7.31. The Bertz CT molecular complexity index is 203. The van der Waals surface area contributed by atoms with Crippen molar-refractivity contribution in [3.8, 4) is 12.3 Å². The van der Waals surface area contributed by atoms with Crippen LogP contribution in [0.2, 0.25) is 0 Å². The normalized spacial score (nSPS) is 22.1. The molecule has 0 N–H and O–H groups in total. The third-order valence-corrected chi connectivity index (χ3v) is 3.37. The number of likely N-dealkylation sites (tertiary alicyclic amines) is 1. The van der Waals surface area contributed by atoms with E-state index in [-0.39, 0.29) is 0 Å². The Hall–Kier alpha value is -0.520. The molecule has 1 fully saturated rings. The molecule has 2 heteroatoms. The van der Waals surface area contributed by atoms with Crippen LogP contribution in [0.15, 0.2) is 0 Å². The van der Waals surface area contributed by atoms with Crippen LogP contribution in [0.1, 0.15) is 33.1 Å². The van der Waals surface area contributed by atoms with Crippen LogP contribution in [0, 0.1) is 12.3 Å². The summed E-state index contributed by atoms with van der Waals surface area (Å²) in [5.74, 6) is 2.71. The average molecular weight is 208 g/mol. The highest BCUT2D eigenvalue weighted by Crippen LogP contribution is 2.15. The third kappa shape index (κ3) is 3.85. The Morgan fingerprint density at radius 3 is 2.73 bits per heavy atom. The molecular formula is C13H24N2. The Labute approximate surface area is 94.6 Å². The largest absolute Gasteiger partial charge is 0.302 e. The molecule has 0 bridgehead atoms. The second-order valence-electron chi connectivity index (χ2n) is 4.27. The topological polar surface area (TPSA) is 6.48 Å². The minimum absolute atomic E-state index is 0.783. The van der Waals surface area contributed by atoms with Gasteiger partial charge in [-0.3, -0.25) is 4.90 Å². The highest BCUT2D eigenvalue weighted by atomic mass is 15.2. The number of hydrogen-bond acceptors (Lipinski definition) is 2. The number of nitrogens with zero attached hydrogens (tertiary/aromatic N) is 2. The minimum atomic E-state index is 0.783. The monoisotopic (exact) mass is 208 g/mol. The number of likely N-dealkylation sites (N-methyl/N-ethyl adjacent to an activating group) is 1. The summed E-state index contributed by atoms with van der Waals surface area (Å²) in [6.45, 7) is 10.5. The van der Waals surface area contributed by atoms with Crippen LogP contribution >= 0.6 is 0 Å². The molecule has 1 heterocycles. The molecule has 1 rings (SSSR count). The summed E-state index contributed by atoms with van der Waals surface area (Å²) in [4.78, 5) is 5.13. The molecule has 0 aliphatic carbocycles. The number of hydrogen-bond donors (Lipinski definition) is 0. The van der Waals surface area contributed by atoms with Crippen LogP contribution in [0.25, 0.3) is 0 Å². The van der Waals surface area contributed by atoms with Gasteiger partial charge in [-0.2, -0.15) is 0 Å². The van der Waals surface area contributed by atoms with E-state index in [0.717, 1.165) is 18.9 Å². The number of rotatable bonds is 6. The highest BCUT2D eigenvalue weighted by molar-refractivity contribution is 4.86. The first-order valence-corrected chi connectivity index (χ1v) is 6.21. The molecule has 0 aromatic rings. The van der Waals surface area contributed by atoms with Gasteiger partial charge in [-0.25, -0.2) is 0 Å². The molecular weight excluding hydrogens is 184 g/mol. The molecule has 0 amide bonds. The molecule has 86 valence electrons. The SMILES string of the molecule is C#CCCCN1CCC(N(CC)CC)C1. The lowest BCUT2D eigenvalue weighted by atomic mass is 10.2. The molecule has 1 aliphatic heterocycles. The van der Waals surface area contributed by atoms with E-state index >= 15 is 0 Å². The van der Waals surface area contributed by atoms with Gasteiger partial charge in [0.15, 0.2) is 0 Å².